The van der Waals surface area contributed by atoms with Crippen LogP contribution >= 0.6 is 24.0 Å². The highest BCUT2D eigenvalue weighted by molar-refractivity contribution is 14.0. The highest BCUT2D eigenvalue weighted by atomic mass is 127. The number of aromatic nitrogens is 1. The number of rotatable bonds is 8. The second kappa shape index (κ2) is 12.5. The summed E-state index contributed by atoms with van der Waals surface area (Å²) in [6, 6.07) is 11.0. The van der Waals surface area contributed by atoms with E-state index in [0.29, 0.717) is 30.7 Å². The number of ether oxygens (including phenoxy) is 1. The minimum absolute atomic E-state index is 0. The number of nitrogens with one attached hydrogen (secondary N) is 2. The molecule has 0 aliphatic carbocycles. The molecule has 2 N–H and O–H groups in total. The van der Waals surface area contributed by atoms with Crippen molar-refractivity contribution in [3.8, 4) is 5.75 Å². The van der Waals surface area contributed by atoms with Gasteiger partial charge in [-0.15, -0.1) is 24.0 Å². The van der Waals surface area contributed by atoms with Crippen LogP contribution in [0.5, 0.6) is 5.75 Å². The van der Waals surface area contributed by atoms with Crippen LogP contribution in [0, 0.1) is 11.7 Å². The monoisotopic (exact) mass is 500 g/mol. The van der Waals surface area contributed by atoms with E-state index in [1.165, 1.54) is 6.07 Å². The molecule has 1 unspecified atom stereocenters. The summed E-state index contributed by atoms with van der Waals surface area (Å²) in [7, 11) is 0. The largest absolute Gasteiger partial charge is 0.493 e. The van der Waals surface area contributed by atoms with Gasteiger partial charge in [0.05, 0.1) is 24.9 Å². The van der Waals surface area contributed by atoms with Crippen molar-refractivity contribution in [3.05, 3.63) is 59.7 Å². The zero-order valence-electron chi connectivity index (χ0n) is 16.9. The molecule has 0 spiro atoms. The van der Waals surface area contributed by atoms with E-state index in [1.54, 1.807) is 12.3 Å². The van der Waals surface area contributed by atoms with Gasteiger partial charge in [0.25, 0.3) is 0 Å². The van der Waals surface area contributed by atoms with Gasteiger partial charge < -0.3 is 15.4 Å². The highest BCUT2D eigenvalue weighted by Gasteiger charge is 2.09. The minimum Gasteiger partial charge on any atom is -0.493 e. The lowest BCUT2D eigenvalue weighted by molar-refractivity contribution is 0.271. The van der Waals surface area contributed by atoms with Crippen molar-refractivity contribution in [1.29, 1.82) is 0 Å². The molecule has 1 atom stereocenters. The number of guanidine groups is 1. The van der Waals surface area contributed by atoms with Crippen LogP contribution in [0.15, 0.2) is 47.6 Å². The van der Waals surface area contributed by atoms with Crippen molar-refractivity contribution in [1.82, 2.24) is 15.6 Å². The normalized spacial score (nSPS) is 12.3. The Labute approximate surface area is 184 Å². The fourth-order valence-electron chi connectivity index (χ4n) is 2.41. The third-order valence-electron chi connectivity index (χ3n) is 3.88. The van der Waals surface area contributed by atoms with Gasteiger partial charge in [0, 0.05) is 12.7 Å². The zero-order valence-corrected chi connectivity index (χ0v) is 19.2. The summed E-state index contributed by atoms with van der Waals surface area (Å²) in [6.45, 7) is 9.89. The van der Waals surface area contributed by atoms with Gasteiger partial charge in [-0.25, -0.2) is 9.38 Å². The summed E-state index contributed by atoms with van der Waals surface area (Å²) in [4.78, 5) is 8.48. The molecule has 1 heterocycles. The summed E-state index contributed by atoms with van der Waals surface area (Å²) >= 11 is 0. The van der Waals surface area contributed by atoms with E-state index in [2.05, 4.69) is 41.4 Å². The van der Waals surface area contributed by atoms with Crippen molar-refractivity contribution in [2.75, 3.05) is 13.2 Å². The van der Waals surface area contributed by atoms with E-state index >= 15 is 0 Å². The summed E-state index contributed by atoms with van der Waals surface area (Å²) in [5, 5.41) is 6.52. The molecule has 0 aliphatic rings. The smallest absolute Gasteiger partial charge is 0.192 e. The van der Waals surface area contributed by atoms with Gasteiger partial charge in [0.2, 0.25) is 0 Å². The van der Waals surface area contributed by atoms with Gasteiger partial charge in [-0.1, -0.05) is 26.0 Å². The van der Waals surface area contributed by atoms with Gasteiger partial charge in [0.15, 0.2) is 5.96 Å². The average molecular weight is 500 g/mol. The molecule has 0 bridgehead atoms. The Balaban J connectivity index is 0.00000392. The Morgan fingerprint density at radius 2 is 1.89 bits per heavy atom. The summed E-state index contributed by atoms with van der Waals surface area (Å²) in [5.74, 6) is 1.64. The average Bonchev–Trinajstić information content (AvgIpc) is 2.66. The highest BCUT2D eigenvalue weighted by Crippen LogP contribution is 2.18. The number of halogens is 2. The van der Waals surface area contributed by atoms with Crippen LogP contribution < -0.4 is 15.4 Å². The molecule has 7 heteroatoms. The number of nitrogens with zero attached hydrogens (tertiary/aromatic N) is 2. The molecule has 0 fully saturated rings. The first-order chi connectivity index (χ1) is 13.0. The van der Waals surface area contributed by atoms with Crippen LogP contribution in [0.25, 0.3) is 0 Å². The van der Waals surface area contributed by atoms with E-state index in [0.717, 1.165) is 11.3 Å². The van der Waals surface area contributed by atoms with E-state index in [1.807, 2.05) is 31.2 Å². The van der Waals surface area contributed by atoms with Crippen LogP contribution in [0.2, 0.25) is 0 Å². The molecular formula is C21H30FIN4O. The Morgan fingerprint density at radius 1 is 1.18 bits per heavy atom. The molecule has 0 saturated heterocycles. The third-order valence-corrected chi connectivity index (χ3v) is 3.88. The van der Waals surface area contributed by atoms with E-state index in [-0.39, 0.29) is 42.4 Å². The summed E-state index contributed by atoms with van der Waals surface area (Å²) in [6.07, 6.45) is 1.57. The van der Waals surface area contributed by atoms with Crippen molar-refractivity contribution >= 4 is 29.9 Å². The quantitative estimate of drug-likeness (QED) is 0.314. The zero-order chi connectivity index (χ0) is 19.6. The number of hydrogen-bond acceptors (Lipinski definition) is 3. The standard InChI is InChI=1S/C21H29FN4O.HI/c1-5-23-21(25-13-20-19(22)7-6-12-24-20)26-16(4)17-8-10-18(11-9-17)27-14-15(2)3;/h6-12,15-16H,5,13-14H2,1-4H3,(H2,23,25,26);1H. The van der Waals surface area contributed by atoms with Crippen LogP contribution in [0.1, 0.15) is 45.0 Å². The fraction of sp³-hybridized carbons (Fsp3) is 0.429. The van der Waals surface area contributed by atoms with Crippen LogP contribution in [0.3, 0.4) is 0 Å². The molecule has 2 rings (SSSR count). The molecule has 1 aromatic carbocycles. The topological polar surface area (TPSA) is 58.5 Å². The number of benzene rings is 1. The van der Waals surface area contributed by atoms with Gasteiger partial charge >= 0.3 is 0 Å². The SMILES string of the molecule is CCNC(=NCc1ncccc1F)NC(C)c1ccc(OCC(C)C)cc1.I. The molecule has 1 aromatic heterocycles. The first kappa shape index (κ1) is 24.1. The molecule has 5 nitrogen and oxygen atoms in total. The van der Waals surface area contributed by atoms with Gasteiger partial charge in [-0.05, 0) is 49.6 Å². The number of pyridine rings is 1. The van der Waals surface area contributed by atoms with E-state index in [9.17, 15) is 4.39 Å². The molecule has 0 radical (unpaired) electrons. The first-order valence-corrected chi connectivity index (χ1v) is 9.36. The Morgan fingerprint density at radius 3 is 2.50 bits per heavy atom. The first-order valence-electron chi connectivity index (χ1n) is 9.36. The lowest BCUT2D eigenvalue weighted by Gasteiger charge is -2.18. The molecule has 154 valence electrons. The lowest BCUT2D eigenvalue weighted by atomic mass is 10.1. The Kier molecular flexibility index (Phi) is 10.8. The molecule has 2 aromatic rings. The summed E-state index contributed by atoms with van der Waals surface area (Å²) < 4.78 is 19.4. The fourth-order valence-corrected chi connectivity index (χ4v) is 2.41. The maximum Gasteiger partial charge on any atom is 0.192 e. The molecular weight excluding hydrogens is 470 g/mol. The maximum atomic E-state index is 13.7. The predicted octanol–water partition coefficient (Wildman–Crippen LogP) is 4.69. The lowest BCUT2D eigenvalue weighted by Crippen LogP contribution is -2.38. The van der Waals surface area contributed by atoms with Crippen molar-refractivity contribution in [3.63, 3.8) is 0 Å². The number of hydrogen-bond donors (Lipinski definition) is 2. The van der Waals surface area contributed by atoms with Gasteiger partial charge in [-0.2, -0.15) is 0 Å². The predicted molar refractivity (Wildman–Crippen MR) is 123 cm³/mol. The van der Waals surface area contributed by atoms with E-state index < -0.39 is 0 Å². The van der Waals surface area contributed by atoms with Gasteiger partial charge in [0.1, 0.15) is 11.6 Å². The van der Waals surface area contributed by atoms with Crippen LogP contribution in [-0.4, -0.2) is 24.1 Å². The van der Waals surface area contributed by atoms with Crippen molar-refractivity contribution in [2.24, 2.45) is 10.9 Å². The molecule has 0 amide bonds. The maximum absolute atomic E-state index is 13.7. The second-order valence-electron chi connectivity index (χ2n) is 6.77. The van der Waals surface area contributed by atoms with Crippen LogP contribution in [0.4, 0.5) is 4.39 Å². The third kappa shape index (κ3) is 8.00. The minimum atomic E-state index is -0.345. The van der Waals surface area contributed by atoms with E-state index in [4.69, 9.17) is 4.74 Å². The Hall–Kier alpha value is -1.90. The second-order valence-corrected chi connectivity index (χ2v) is 6.77. The van der Waals surface area contributed by atoms with Crippen LogP contribution in [-0.2, 0) is 6.54 Å². The number of aliphatic imine (C=N–C) groups is 1. The Bertz CT molecular complexity index is 737. The van der Waals surface area contributed by atoms with Gasteiger partial charge in [-0.3, -0.25) is 4.98 Å². The van der Waals surface area contributed by atoms with Crippen molar-refractivity contribution < 1.29 is 9.13 Å². The summed E-state index contributed by atoms with van der Waals surface area (Å²) in [5.41, 5.74) is 1.44. The molecule has 0 aliphatic heterocycles. The molecule has 0 saturated carbocycles. The van der Waals surface area contributed by atoms with Crippen molar-refractivity contribution in [2.45, 2.75) is 40.3 Å². The molecule has 28 heavy (non-hydrogen) atoms.